The van der Waals surface area contributed by atoms with Gasteiger partial charge in [0.25, 0.3) is 0 Å². The van der Waals surface area contributed by atoms with Gasteiger partial charge in [-0.3, -0.25) is 4.79 Å². The molecule has 3 rings (SSSR count). The smallest absolute Gasteiger partial charge is 0.233 e. The zero-order valence-electron chi connectivity index (χ0n) is 15.9. The average Bonchev–Trinajstić information content (AvgIpc) is 2.73. The SMILES string of the molecule is CCOc1ccccc1N1CCN(C(=O)CSc2cccc(OC)c2)CC1. The highest BCUT2D eigenvalue weighted by Crippen LogP contribution is 2.29. The number of hydrogen-bond donors (Lipinski definition) is 0. The number of hydrogen-bond acceptors (Lipinski definition) is 5. The van der Waals surface area contributed by atoms with Crippen molar-refractivity contribution in [2.45, 2.75) is 11.8 Å². The van der Waals surface area contributed by atoms with Crippen molar-refractivity contribution in [3.05, 3.63) is 48.5 Å². The van der Waals surface area contributed by atoms with Crippen LogP contribution < -0.4 is 14.4 Å². The van der Waals surface area contributed by atoms with E-state index < -0.39 is 0 Å². The average molecular weight is 387 g/mol. The Morgan fingerprint density at radius 1 is 1.07 bits per heavy atom. The summed E-state index contributed by atoms with van der Waals surface area (Å²) in [7, 11) is 1.65. The number of anilines is 1. The topological polar surface area (TPSA) is 42.0 Å². The molecule has 6 heteroatoms. The van der Waals surface area contributed by atoms with Crippen LogP contribution in [0.5, 0.6) is 11.5 Å². The minimum Gasteiger partial charge on any atom is -0.497 e. The van der Waals surface area contributed by atoms with Gasteiger partial charge in [0.15, 0.2) is 0 Å². The van der Waals surface area contributed by atoms with E-state index >= 15 is 0 Å². The summed E-state index contributed by atoms with van der Waals surface area (Å²) in [4.78, 5) is 17.9. The fraction of sp³-hybridized carbons (Fsp3) is 0.381. The highest BCUT2D eigenvalue weighted by atomic mass is 32.2. The van der Waals surface area contributed by atoms with Crippen LogP contribution >= 0.6 is 11.8 Å². The molecule has 1 saturated heterocycles. The molecule has 2 aromatic carbocycles. The highest BCUT2D eigenvalue weighted by Gasteiger charge is 2.22. The van der Waals surface area contributed by atoms with Gasteiger partial charge in [0.1, 0.15) is 11.5 Å². The van der Waals surface area contributed by atoms with E-state index in [2.05, 4.69) is 11.0 Å². The van der Waals surface area contributed by atoms with Crippen LogP contribution in [0.1, 0.15) is 6.92 Å². The number of amides is 1. The summed E-state index contributed by atoms with van der Waals surface area (Å²) in [6.45, 7) is 5.75. The van der Waals surface area contributed by atoms with Crippen molar-refractivity contribution in [3.8, 4) is 11.5 Å². The van der Waals surface area contributed by atoms with E-state index in [9.17, 15) is 4.79 Å². The number of carbonyl (C=O) groups is 1. The Hall–Kier alpha value is -2.34. The van der Waals surface area contributed by atoms with Crippen molar-refractivity contribution >= 4 is 23.4 Å². The summed E-state index contributed by atoms with van der Waals surface area (Å²) in [6, 6.07) is 15.9. The third kappa shape index (κ3) is 5.10. The highest BCUT2D eigenvalue weighted by molar-refractivity contribution is 8.00. The van der Waals surface area contributed by atoms with Crippen LogP contribution in [0.4, 0.5) is 5.69 Å². The lowest BCUT2D eigenvalue weighted by atomic mass is 10.2. The second-order valence-corrected chi connectivity index (χ2v) is 7.28. The lowest BCUT2D eigenvalue weighted by molar-refractivity contribution is -0.128. The lowest BCUT2D eigenvalue weighted by Crippen LogP contribution is -2.49. The van der Waals surface area contributed by atoms with Crippen molar-refractivity contribution in [1.29, 1.82) is 0 Å². The Balaban J connectivity index is 1.52. The predicted octanol–water partition coefficient (Wildman–Crippen LogP) is 3.53. The molecule has 1 fully saturated rings. The van der Waals surface area contributed by atoms with Gasteiger partial charge in [-0.1, -0.05) is 18.2 Å². The first-order valence-corrected chi connectivity index (χ1v) is 10.2. The molecule has 1 aliphatic rings. The molecular formula is C21H26N2O3S. The number of piperazine rings is 1. The Kier molecular flexibility index (Phi) is 6.87. The van der Waals surface area contributed by atoms with Crippen LogP contribution in [0.25, 0.3) is 0 Å². The Morgan fingerprint density at radius 2 is 1.85 bits per heavy atom. The van der Waals surface area contributed by atoms with Gasteiger partial charge in [0.05, 0.1) is 25.2 Å². The van der Waals surface area contributed by atoms with E-state index in [1.54, 1.807) is 18.9 Å². The molecule has 5 nitrogen and oxygen atoms in total. The van der Waals surface area contributed by atoms with Crippen molar-refractivity contribution < 1.29 is 14.3 Å². The van der Waals surface area contributed by atoms with Crippen LogP contribution in [0.3, 0.4) is 0 Å². The first-order valence-electron chi connectivity index (χ1n) is 9.22. The summed E-state index contributed by atoms with van der Waals surface area (Å²) in [6.07, 6.45) is 0. The standard InChI is InChI=1S/C21H26N2O3S/c1-3-26-20-10-5-4-9-19(20)22-11-13-23(14-12-22)21(24)16-27-18-8-6-7-17(15-18)25-2/h4-10,15H,3,11-14,16H2,1-2H3. The second kappa shape index (κ2) is 9.55. The zero-order chi connectivity index (χ0) is 19.1. The molecule has 1 aliphatic heterocycles. The molecule has 144 valence electrons. The summed E-state index contributed by atoms with van der Waals surface area (Å²) in [5, 5.41) is 0. The molecular weight excluding hydrogens is 360 g/mol. The molecule has 27 heavy (non-hydrogen) atoms. The molecule has 1 heterocycles. The lowest BCUT2D eigenvalue weighted by Gasteiger charge is -2.36. The minimum atomic E-state index is 0.181. The van der Waals surface area contributed by atoms with E-state index in [0.29, 0.717) is 12.4 Å². The van der Waals surface area contributed by atoms with Gasteiger partial charge in [-0.05, 0) is 37.3 Å². The summed E-state index contributed by atoms with van der Waals surface area (Å²) in [5.41, 5.74) is 1.11. The van der Waals surface area contributed by atoms with E-state index in [1.165, 1.54) is 0 Å². The molecule has 1 amide bonds. The summed E-state index contributed by atoms with van der Waals surface area (Å²) in [5.74, 6) is 2.35. The molecule has 0 atom stereocenters. The number of methoxy groups -OCH3 is 1. The first-order chi connectivity index (χ1) is 13.2. The molecule has 2 aromatic rings. The number of rotatable bonds is 7. The van der Waals surface area contributed by atoms with Crippen molar-refractivity contribution in [1.82, 2.24) is 4.90 Å². The Morgan fingerprint density at radius 3 is 2.59 bits per heavy atom. The van der Waals surface area contributed by atoms with E-state index in [1.807, 2.05) is 54.3 Å². The normalized spacial score (nSPS) is 14.1. The third-order valence-corrected chi connectivity index (χ3v) is 5.52. The number of carbonyl (C=O) groups excluding carboxylic acids is 1. The van der Waals surface area contributed by atoms with Crippen LogP contribution in [0.2, 0.25) is 0 Å². The Labute approximate surface area is 165 Å². The first kappa shape index (κ1) is 19.4. The zero-order valence-corrected chi connectivity index (χ0v) is 16.7. The fourth-order valence-electron chi connectivity index (χ4n) is 3.12. The van der Waals surface area contributed by atoms with Crippen LogP contribution in [-0.2, 0) is 4.79 Å². The fourth-order valence-corrected chi connectivity index (χ4v) is 3.97. The monoisotopic (exact) mass is 386 g/mol. The van der Waals surface area contributed by atoms with Crippen molar-refractivity contribution in [2.24, 2.45) is 0 Å². The van der Waals surface area contributed by atoms with Gasteiger partial charge in [0.2, 0.25) is 5.91 Å². The molecule has 0 aromatic heterocycles. The quantitative estimate of drug-likeness (QED) is 0.681. The van der Waals surface area contributed by atoms with E-state index in [4.69, 9.17) is 9.47 Å². The van der Waals surface area contributed by atoms with E-state index in [-0.39, 0.29) is 5.91 Å². The van der Waals surface area contributed by atoms with E-state index in [0.717, 1.165) is 48.3 Å². The third-order valence-electron chi connectivity index (χ3n) is 4.54. The number of ether oxygens (including phenoxy) is 2. The minimum absolute atomic E-state index is 0.181. The molecule has 0 spiro atoms. The van der Waals surface area contributed by atoms with Gasteiger partial charge in [0, 0.05) is 31.1 Å². The molecule has 0 aliphatic carbocycles. The van der Waals surface area contributed by atoms with Gasteiger partial charge in [-0.15, -0.1) is 11.8 Å². The van der Waals surface area contributed by atoms with Crippen LogP contribution in [0.15, 0.2) is 53.4 Å². The largest absolute Gasteiger partial charge is 0.497 e. The van der Waals surface area contributed by atoms with Crippen molar-refractivity contribution in [2.75, 3.05) is 50.5 Å². The maximum Gasteiger partial charge on any atom is 0.233 e. The van der Waals surface area contributed by atoms with Crippen molar-refractivity contribution in [3.63, 3.8) is 0 Å². The second-order valence-electron chi connectivity index (χ2n) is 6.24. The molecule has 0 saturated carbocycles. The van der Waals surface area contributed by atoms with Gasteiger partial charge >= 0.3 is 0 Å². The van der Waals surface area contributed by atoms with Crippen LogP contribution in [-0.4, -0.2) is 56.5 Å². The number of para-hydroxylation sites is 2. The number of nitrogens with zero attached hydrogens (tertiary/aromatic N) is 2. The maximum atomic E-state index is 12.6. The maximum absolute atomic E-state index is 12.6. The molecule has 0 unspecified atom stereocenters. The molecule has 0 N–H and O–H groups in total. The van der Waals surface area contributed by atoms with Gasteiger partial charge < -0.3 is 19.3 Å². The molecule has 0 bridgehead atoms. The number of thioether (sulfide) groups is 1. The summed E-state index contributed by atoms with van der Waals surface area (Å²) >= 11 is 1.55. The summed E-state index contributed by atoms with van der Waals surface area (Å²) < 4.78 is 11.0. The Bertz CT molecular complexity index is 761. The van der Waals surface area contributed by atoms with Gasteiger partial charge in [-0.25, -0.2) is 0 Å². The molecule has 0 radical (unpaired) electrons. The van der Waals surface area contributed by atoms with Gasteiger partial charge in [-0.2, -0.15) is 0 Å². The number of benzene rings is 2. The predicted molar refractivity (Wildman–Crippen MR) is 110 cm³/mol. The van der Waals surface area contributed by atoms with Crippen LogP contribution in [0, 0.1) is 0 Å².